The maximum atomic E-state index is 2.38. The van der Waals surface area contributed by atoms with Crippen molar-refractivity contribution in [3.05, 3.63) is 28.5 Å². The molecule has 0 N–H and O–H groups in total. The summed E-state index contributed by atoms with van der Waals surface area (Å²) in [6.07, 6.45) is 1.27. The Morgan fingerprint density at radius 3 is 2.81 bits per heavy atom. The van der Waals surface area contributed by atoms with E-state index < -0.39 is 0 Å². The van der Waals surface area contributed by atoms with E-state index in [1.165, 1.54) is 36.2 Å². The molecule has 0 radical (unpaired) electrons. The molecule has 0 aliphatic carbocycles. The Labute approximate surface area is 110 Å². The first-order chi connectivity index (χ1) is 7.90. The van der Waals surface area contributed by atoms with Gasteiger partial charge in [0.25, 0.3) is 0 Å². The first-order valence-electron chi connectivity index (χ1n) is 5.13. The predicted molar refractivity (Wildman–Crippen MR) is 77.4 cm³/mol. The lowest BCUT2D eigenvalue weighted by atomic mass is 10.3. The van der Waals surface area contributed by atoms with Gasteiger partial charge in [-0.05, 0) is 30.0 Å². The summed E-state index contributed by atoms with van der Waals surface area (Å²) in [6.45, 7) is 0. The van der Waals surface area contributed by atoms with Crippen LogP contribution in [0.5, 0.6) is 0 Å². The molecule has 0 amide bonds. The average molecular weight is 280 g/mol. The van der Waals surface area contributed by atoms with Crippen molar-refractivity contribution < 1.29 is 0 Å². The Balaban J connectivity index is 1.86. The second kappa shape index (κ2) is 3.60. The second-order valence-electron chi connectivity index (χ2n) is 3.76. The molecule has 3 aromatic heterocycles. The standard InChI is InChI=1S/C12H8S4/c1-3-13-9-5-11(15-7(1)9)12-6-10-8(16-12)2-4-14-10/h1,3,5-6H,2,4H2. The van der Waals surface area contributed by atoms with Crippen LogP contribution >= 0.6 is 45.8 Å². The monoisotopic (exact) mass is 280 g/mol. The van der Waals surface area contributed by atoms with Crippen molar-refractivity contribution in [2.75, 3.05) is 5.75 Å². The Bertz CT molecular complexity index is 605. The van der Waals surface area contributed by atoms with Gasteiger partial charge in [-0.2, -0.15) is 0 Å². The molecule has 16 heavy (non-hydrogen) atoms. The zero-order valence-corrected chi connectivity index (χ0v) is 11.6. The lowest BCUT2D eigenvalue weighted by molar-refractivity contribution is 1.21. The SMILES string of the molecule is c1cc2sc(-c3cc4c(s3)CCS4)cc2s1. The molecule has 0 saturated heterocycles. The largest absolute Gasteiger partial charge is 0.143 e. The summed E-state index contributed by atoms with van der Waals surface area (Å²) in [7, 11) is 0. The zero-order valence-electron chi connectivity index (χ0n) is 8.36. The fraction of sp³-hybridized carbons (Fsp3) is 0.167. The number of fused-ring (bicyclic) bond motifs is 2. The van der Waals surface area contributed by atoms with Gasteiger partial charge < -0.3 is 0 Å². The minimum atomic E-state index is 1.27. The Morgan fingerprint density at radius 1 is 1.00 bits per heavy atom. The van der Waals surface area contributed by atoms with Gasteiger partial charge in [-0.3, -0.25) is 0 Å². The van der Waals surface area contributed by atoms with E-state index in [0.717, 1.165) is 0 Å². The summed E-state index contributed by atoms with van der Waals surface area (Å²) in [4.78, 5) is 6.03. The van der Waals surface area contributed by atoms with Crippen LogP contribution in [-0.4, -0.2) is 5.75 Å². The molecule has 0 bridgehead atoms. The van der Waals surface area contributed by atoms with Gasteiger partial charge in [-0.25, -0.2) is 0 Å². The summed E-state index contributed by atoms with van der Waals surface area (Å²) in [6, 6.07) is 6.95. The maximum Gasteiger partial charge on any atom is 0.0464 e. The van der Waals surface area contributed by atoms with Crippen molar-refractivity contribution in [3.8, 4) is 9.75 Å². The van der Waals surface area contributed by atoms with Crippen LogP contribution in [0.15, 0.2) is 28.5 Å². The fourth-order valence-electron chi connectivity index (χ4n) is 1.97. The highest BCUT2D eigenvalue weighted by atomic mass is 32.2. The van der Waals surface area contributed by atoms with Crippen molar-refractivity contribution >= 4 is 55.2 Å². The molecular formula is C12H8S4. The Hall–Kier alpha value is -0.290. The van der Waals surface area contributed by atoms with Gasteiger partial charge in [0.05, 0.1) is 0 Å². The van der Waals surface area contributed by atoms with Crippen molar-refractivity contribution in [1.29, 1.82) is 0 Å². The van der Waals surface area contributed by atoms with E-state index in [4.69, 9.17) is 0 Å². The van der Waals surface area contributed by atoms with Gasteiger partial charge in [0.1, 0.15) is 0 Å². The average Bonchev–Trinajstić information content (AvgIpc) is 2.94. The first-order valence-corrected chi connectivity index (χ1v) is 8.63. The van der Waals surface area contributed by atoms with Gasteiger partial charge in [-0.15, -0.1) is 45.8 Å². The van der Waals surface area contributed by atoms with Crippen LogP contribution in [0.4, 0.5) is 0 Å². The number of thiophene rings is 3. The van der Waals surface area contributed by atoms with Crippen LogP contribution in [0.1, 0.15) is 4.88 Å². The van der Waals surface area contributed by atoms with Gasteiger partial charge in [0, 0.05) is 34.7 Å². The molecule has 0 atom stereocenters. The van der Waals surface area contributed by atoms with Crippen molar-refractivity contribution in [2.45, 2.75) is 11.3 Å². The quantitative estimate of drug-likeness (QED) is 0.580. The summed E-state index contributed by atoms with van der Waals surface area (Å²) in [5.74, 6) is 1.28. The van der Waals surface area contributed by atoms with Crippen LogP contribution in [0, 0.1) is 0 Å². The van der Waals surface area contributed by atoms with Gasteiger partial charge >= 0.3 is 0 Å². The predicted octanol–water partition coefficient (Wildman–Crippen LogP) is 5.34. The van der Waals surface area contributed by atoms with E-state index in [9.17, 15) is 0 Å². The second-order valence-corrected chi connectivity index (χ2v) is 8.06. The Morgan fingerprint density at radius 2 is 1.94 bits per heavy atom. The van der Waals surface area contributed by atoms with E-state index in [2.05, 4.69) is 23.6 Å². The minimum Gasteiger partial charge on any atom is -0.143 e. The van der Waals surface area contributed by atoms with E-state index in [1.807, 2.05) is 45.8 Å². The molecule has 1 aliphatic heterocycles. The van der Waals surface area contributed by atoms with E-state index in [0.29, 0.717) is 0 Å². The topological polar surface area (TPSA) is 0 Å². The van der Waals surface area contributed by atoms with Crippen LogP contribution in [0.3, 0.4) is 0 Å². The third kappa shape index (κ3) is 1.40. The van der Waals surface area contributed by atoms with E-state index >= 15 is 0 Å². The molecule has 4 rings (SSSR count). The summed E-state index contributed by atoms with van der Waals surface area (Å²) < 4.78 is 2.86. The lowest BCUT2D eigenvalue weighted by Gasteiger charge is -1.89. The third-order valence-corrected chi connectivity index (χ3v) is 7.44. The molecule has 3 aromatic rings. The molecule has 0 fully saturated rings. The van der Waals surface area contributed by atoms with Crippen molar-refractivity contribution in [3.63, 3.8) is 0 Å². The summed E-state index contributed by atoms with van der Waals surface area (Å²) >= 11 is 7.77. The van der Waals surface area contributed by atoms with Gasteiger partial charge in [0.2, 0.25) is 0 Å². The number of thioether (sulfide) groups is 1. The number of hydrogen-bond donors (Lipinski definition) is 0. The smallest absolute Gasteiger partial charge is 0.0464 e. The van der Waals surface area contributed by atoms with Crippen molar-refractivity contribution in [2.24, 2.45) is 0 Å². The Kier molecular flexibility index (Phi) is 2.19. The van der Waals surface area contributed by atoms with Gasteiger partial charge in [-0.1, -0.05) is 0 Å². The van der Waals surface area contributed by atoms with Crippen LogP contribution in [-0.2, 0) is 6.42 Å². The molecule has 0 spiro atoms. The van der Waals surface area contributed by atoms with E-state index in [-0.39, 0.29) is 0 Å². The third-order valence-electron chi connectivity index (χ3n) is 2.74. The number of hydrogen-bond acceptors (Lipinski definition) is 4. The molecule has 4 heterocycles. The van der Waals surface area contributed by atoms with Crippen LogP contribution in [0.25, 0.3) is 19.2 Å². The van der Waals surface area contributed by atoms with Crippen LogP contribution < -0.4 is 0 Å². The molecule has 0 saturated carbocycles. The maximum absolute atomic E-state index is 2.38. The molecule has 0 unspecified atom stereocenters. The molecule has 0 aromatic carbocycles. The highest BCUT2D eigenvalue weighted by Crippen LogP contribution is 2.45. The molecule has 1 aliphatic rings. The molecule has 80 valence electrons. The number of aryl methyl sites for hydroxylation is 1. The highest BCUT2D eigenvalue weighted by molar-refractivity contribution is 7.99. The van der Waals surface area contributed by atoms with Crippen LogP contribution in [0.2, 0.25) is 0 Å². The lowest BCUT2D eigenvalue weighted by Crippen LogP contribution is -1.70. The normalized spacial score (nSPS) is 14.8. The molecule has 4 heteroatoms. The highest BCUT2D eigenvalue weighted by Gasteiger charge is 2.17. The molecule has 0 nitrogen and oxygen atoms in total. The summed E-state index contributed by atoms with van der Waals surface area (Å²) in [5.41, 5.74) is 0. The van der Waals surface area contributed by atoms with E-state index in [1.54, 1.807) is 4.88 Å². The summed E-state index contributed by atoms with van der Waals surface area (Å²) in [5, 5.41) is 2.18. The number of rotatable bonds is 1. The van der Waals surface area contributed by atoms with Crippen molar-refractivity contribution in [1.82, 2.24) is 0 Å². The minimum absolute atomic E-state index is 1.27. The van der Waals surface area contributed by atoms with Gasteiger partial charge in [0.15, 0.2) is 0 Å². The zero-order chi connectivity index (χ0) is 10.5. The molecular weight excluding hydrogens is 272 g/mol. The fourth-order valence-corrected chi connectivity index (χ4v) is 6.70. The first kappa shape index (κ1) is 9.71.